The van der Waals surface area contributed by atoms with E-state index < -0.39 is 10.0 Å². The number of aromatic nitrogens is 1. The van der Waals surface area contributed by atoms with Gasteiger partial charge in [0.1, 0.15) is 0 Å². The Bertz CT molecular complexity index is 824. The van der Waals surface area contributed by atoms with Gasteiger partial charge in [-0.05, 0) is 37.1 Å². The molecule has 1 aliphatic heterocycles. The fourth-order valence-corrected chi connectivity index (χ4v) is 5.03. The predicted molar refractivity (Wildman–Crippen MR) is 88.1 cm³/mol. The van der Waals surface area contributed by atoms with Crippen LogP contribution in [0, 0.1) is 5.92 Å². The second kappa shape index (κ2) is 5.83. The van der Waals surface area contributed by atoms with Gasteiger partial charge in [0.15, 0.2) is 0 Å². The van der Waals surface area contributed by atoms with Crippen LogP contribution in [0.1, 0.15) is 19.3 Å². The van der Waals surface area contributed by atoms with Crippen LogP contribution in [-0.2, 0) is 10.0 Å². The van der Waals surface area contributed by atoms with Crippen LogP contribution >= 0.6 is 0 Å². The first-order valence-corrected chi connectivity index (χ1v) is 9.47. The van der Waals surface area contributed by atoms with Gasteiger partial charge >= 0.3 is 0 Å². The number of hydrogen-bond acceptors (Lipinski definition) is 5. The van der Waals surface area contributed by atoms with Crippen LogP contribution in [0.3, 0.4) is 0 Å². The molecule has 2 aliphatic rings. The Kier molecular flexibility index (Phi) is 3.81. The Hall–Kier alpha value is -1.54. The number of hydrazine groups is 1. The Morgan fingerprint density at radius 1 is 1.22 bits per heavy atom. The molecule has 2 aromatic rings. The van der Waals surface area contributed by atoms with Crippen LogP contribution in [0.15, 0.2) is 41.4 Å². The van der Waals surface area contributed by atoms with E-state index in [-0.39, 0.29) is 6.04 Å². The van der Waals surface area contributed by atoms with E-state index in [4.69, 9.17) is 0 Å². The standard InChI is InChI=1S/C16H20N4O2S/c21-23(22,12-6-7-14-11(9-12)3-2-8-17-14)20-16-5-1-4-15-13(16)10-18-19-15/h2-3,6-9,13,15-16,18-20H,1,4-5,10H2. The first-order chi connectivity index (χ1) is 11.1. The monoisotopic (exact) mass is 332 g/mol. The topological polar surface area (TPSA) is 83.1 Å². The highest BCUT2D eigenvalue weighted by Crippen LogP contribution is 2.28. The quantitative estimate of drug-likeness (QED) is 0.786. The lowest BCUT2D eigenvalue weighted by molar-refractivity contribution is 0.277. The van der Waals surface area contributed by atoms with E-state index in [1.807, 2.05) is 12.1 Å². The molecule has 7 heteroatoms. The molecular weight excluding hydrogens is 312 g/mol. The number of benzene rings is 1. The van der Waals surface area contributed by atoms with E-state index in [9.17, 15) is 8.42 Å². The lowest BCUT2D eigenvalue weighted by Crippen LogP contribution is -2.48. The summed E-state index contributed by atoms with van der Waals surface area (Å²) in [5.41, 5.74) is 7.20. The normalized spacial score (nSPS) is 27.9. The van der Waals surface area contributed by atoms with Crippen molar-refractivity contribution in [3.63, 3.8) is 0 Å². The van der Waals surface area contributed by atoms with Crippen molar-refractivity contribution in [2.45, 2.75) is 36.2 Å². The SMILES string of the molecule is O=S(=O)(NC1CCCC2NNCC21)c1ccc2ncccc2c1. The average molecular weight is 332 g/mol. The third-order valence-electron chi connectivity index (χ3n) is 4.88. The van der Waals surface area contributed by atoms with Crippen molar-refractivity contribution in [2.24, 2.45) is 5.92 Å². The number of rotatable bonds is 3. The lowest BCUT2D eigenvalue weighted by Gasteiger charge is -2.32. The lowest BCUT2D eigenvalue weighted by atomic mass is 9.82. The molecule has 1 saturated carbocycles. The summed E-state index contributed by atoms with van der Waals surface area (Å²) in [7, 11) is -3.52. The zero-order valence-electron chi connectivity index (χ0n) is 12.7. The molecule has 3 atom stereocenters. The molecule has 0 bridgehead atoms. The number of hydrogen-bond donors (Lipinski definition) is 3. The Morgan fingerprint density at radius 2 is 2.13 bits per heavy atom. The van der Waals surface area contributed by atoms with Crippen molar-refractivity contribution in [1.82, 2.24) is 20.6 Å². The Balaban J connectivity index is 1.61. The van der Waals surface area contributed by atoms with Crippen LogP contribution < -0.4 is 15.6 Å². The molecule has 4 rings (SSSR count). The molecule has 3 unspecified atom stereocenters. The van der Waals surface area contributed by atoms with Gasteiger partial charge in [-0.3, -0.25) is 15.8 Å². The molecule has 1 aliphatic carbocycles. The van der Waals surface area contributed by atoms with Crippen LogP contribution in [0.4, 0.5) is 0 Å². The van der Waals surface area contributed by atoms with E-state index in [2.05, 4.69) is 20.6 Å². The summed E-state index contributed by atoms with van der Waals surface area (Å²) in [5.74, 6) is 0.306. The summed E-state index contributed by atoms with van der Waals surface area (Å²) in [5, 5.41) is 0.834. The van der Waals surface area contributed by atoms with Gasteiger partial charge in [-0.15, -0.1) is 0 Å². The van der Waals surface area contributed by atoms with Gasteiger partial charge in [-0.1, -0.05) is 12.5 Å². The molecule has 0 amide bonds. The van der Waals surface area contributed by atoms with Gasteiger partial charge in [0.25, 0.3) is 0 Å². The van der Waals surface area contributed by atoms with Crippen molar-refractivity contribution < 1.29 is 8.42 Å². The Morgan fingerprint density at radius 3 is 3.04 bits per heavy atom. The minimum Gasteiger partial charge on any atom is -0.257 e. The van der Waals surface area contributed by atoms with Gasteiger partial charge in [0.05, 0.1) is 10.4 Å². The van der Waals surface area contributed by atoms with Gasteiger partial charge in [-0.25, -0.2) is 13.1 Å². The molecular formula is C16H20N4O2S. The second-order valence-electron chi connectivity index (χ2n) is 6.31. The second-order valence-corrected chi connectivity index (χ2v) is 8.03. The molecule has 2 fully saturated rings. The summed E-state index contributed by atoms with van der Waals surface area (Å²) >= 11 is 0. The molecule has 1 aromatic carbocycles. The third-order valence-corrected chi connectivity index (χ3v) is 6.37. The average Bonchev–Trinajstić information content (AvgIpc) is 3.04. The molecule has 23 heavy (non-hydrogen) atoms. The maximum Gasteiger partial charge on any atom is 0.240 e. The summed E-state index contributed by atoms with van der Waals surface area (Å²) in [6.45, 7) is 0.805. The molecule has 3 N–H and O–H groups in total. The number of pyridine rings is 1. The van der Waals surface area contributed by atoms with E-state index in [0.717, 1.165) is 36.7 Å². The highest BCUT2D eigenvalue weighted by Gasteiger charge is 2.38. The number of nitrogens with one attached hydrogen (secondary N) is 3. The Labute approximate surface area is 135 Å². The fraction of sp³-hybridized carbons (Fsp3) is 0.438. The largest absolute Gasteiger partial charge is 0.257 e. The van der Waals surface area contributed by atoms with Gasteiger partial charge in [-0.2, -0.15) is 0 Å². The van der Waals surface area contributed by atoms with Crippen molar-refractivity contribution in [1.29, 1.82) is 0 Å². The minimum atomic E-state index is -3.52. The minimum absolute atomic E-state index is 0.0224. The first kappa shape index (κ1) is 15.0. The van der Waals surface area contributed by atoms with Crippen molar-refractivity contribution in [3.05, 3.63) is 36.5 Å². The van der Waals surface area contributed by atoms with Crippen molar-refractivity contribution in [2.75, 3.05) is 6.54 Å². The zero-order valence-corrected chi connectivity index (χ0v) is 13.5. The van der Waals surface area contributed by atoms with Gasteiger partial charge in [0.2, 0.25) is 10.0 Å². The summed E-state index contributed by atoms with van der Waals surface area (Å²) in [4.78, 5) is 4.54. The maximum atomic E-state index is 12.8. The molecule has 0 spiro atoms. The van der Waals surface area contributed by atoms with E-state index in [0.29, 0.717) is 16.9 Å². The summed E-state index contributed by atoms with van der Waals surface area (Å²) in [6.07, 6.45) is 4.72. The van der Waals surface area contributed by atoms with Crippen molar-refractivity contribution >= 4 is 20.9 Å². The zero-order chi connectivity index (χ0) is 15.9. The van der Waals surface area contributed by atoms with Crippen LogP contribution in [0.5, 0.6) is 0 Å². The highest BCUT2D eigenvalue weighted by atomic mass is 32.2. The van der Waals surface area contributed by atoms with Gasteiger partial charge in [0, 0.05) is 36.1 Å². The third kappa shape index (κ3) is 2.85. The molecule has 2 heterocycles. The number of sulfonamides is 1. The van der Waals surface area contributed by atoms with E-state index in [1.54, 1.807) is 24.4 Å². The molecule has 1 saturated heterocycles. The molecule has 1 aromatic heterocycles. The van der Waals surface area contributed by atoms with Crippen LogP contribution in [0.2, 0.25) is 0 Å². The fourth-order valence-electron chi connectivity index (χ4n) is 3.67. The first-order valence-electron chi connectivity index (χ1n) is 7.99. The van der Waals surface area contributed by atoms with Crippen molar-refractivity contribution in [3.8, 4) is 0 Å². The van der Waals surface area contributed by atoms with Crippen LogP contribution in [0.25, 0.3) is 10.9 Å². The summed E-state index contributed by atoms with van der Waals surface area (Å²) < 4.78 is 28.4. The smallest absolute Gasteiger partial charge is 0.240 e. The maximum absolute atomic E-state index is 12.8. The van der Waals surface area contributed by atoms with E-state index >= 15 is 0 Å². The van der Waals surface area contributed by atoms with E-state index in [1.165, 1.54) is 0 Å². The number of nitrogens with zero attached hydrogens (tertiary/aromatic N) is 1. The molecule has 122 valence electrons. The van der Waals surface area contributed by atoms with Gasteiger partial charge < -0.3 is 0 Å². The molecule has 6 nitrogen and oxygen atoms in total. The summed E-state index contributed by atoms with van der Waals surface area (Å²) in [6, 6.07) is 9.10. The molecule has 0 radical (unpaired) electrons. The van der Waals surface area contributed by atoms with Crippen LogP contribution in [-0.4, -0.2) is 32.0 Å². The number of fused-ring (bicyclic) bond motifs is 2. The highest BCUT2D eigenvalue weighted by molar-refractivity contribution is 7.89. The predicted octanol–water partition coefficient (Wildman–Crippen LogP) is 1.16.